The number of alkyl halides is 1. The van der Waals surface area contributed by atoms with Crippen molar-refractivity contribution in [1.82, 2.24) is 0 Å². The largest absolute Gasteiger partial charge is 0.0922 e. The first-order valence-electron chi connectivity index (χ1n) is 7.30. The van der Waals surface area contributed by atoms with Crippen molar-refractivity contribution in [3.63, 3.8) is 0 Å². The number of benzene rings is 1. The number of rotatable bonds is 4. The van der Waals surface area contributed by atoms with E-state index in [4.69, 9.17) is 0 Å². The van der Waals surface area contributed by atoms with Gasteiger partial charge in [0, 0.05) is 5.33 Å². The Morgan fingerprint density at radius 3 is 2.17 bits per heavy atom. The van der Waals surface area contributed by atoms with Crippen LogP contribution in [0, 0.1) is 5.41 Å². The lowest BCUT2D eigenvalue weighted by Crippen LogP contribution is -2.28. The SMILES string of the molecule is CC(C)c1ccc(CC2(CBr)CCCCC2)cc1. The quantitative estimate of drug-likeness (QED) is 0.626. The molecule has 0 nitrogen and oxygen atoms in total. The highest BCUT2D eigenvalue weighted by Crippen LogP contribution is 2.40. The summed E-state index contributed by atoms with van der Waals surface area (Å²) in [5, 5.41) is 1.16. The molecule has 0 bridgehead atoms. The maximum Gasteiger partial charge on any atom is 0.00911 e. The molecule has 1 aliphatic rings. The van der Waals surface area contributed by atoms with Crippen molar-refractivity contribution < 1.29 is 0 Å². The summed E-state index contributed by atoms with van der Waals surface area (Å²) < 4.78 is 0. The molecule has 0 aliphatic heterocycles. The molecule has 1 aromatic carbocycles. The van der Waals surface area contributed by atoms with Crippen LogP contribution in [0.3, 0.4) is 0 Å². The zero-order chi connectivity index (χ0) is 13.0. The van der Waals surface area contributed by atoms with E-state index in [-0.39, 0.29) is 0 Å². The van der Waals surface area contributed by atoms with Crippen molar-refractivity contribution in [1.29, 1.82) is 0 Å². The minimum Gasteiger partial charge on any atom is -0.0922 e. The fourth-order valence-electron chi connectivity index (χ4n) is 3.11. The maximum absolute atomic E-state index is 3.76. The van der Waals surface area contributed by atoms with E-state index in [9.17, 15) is 0 Å². The highest BCUT2D eigenvalue weighted by Gasteiger charge is 2.30. The van der Waals surface area contributed by atoms with Crippen LogP contribution < -0.4 is 0 Å². The van der Waals surface area contributed by atoms with Crippen molar-refractivity contribution >= 4 is 15.9 Å². The van der Waals surface area contributed by atoms with Gasteiger partial charge in [-0.15, -0.1) is 0 Å². The van der Waals surface area contributed by atoms with Crippen molar-refractivity contribution in [2.45, 2.75) is 58.3 Å². The molecule has 1 aromatic rings. The Morgan fingerprint density at radius 1 is 1.06 bits per heavy atom. The summed E-state index contributed by atoms with van der Waals surface area (Å²) in [5.74, 6) is 0.638. The van der Waals surface area contributed by atoms with Crippen molar-refractivity contribution in [3.05, 3.63) is 35.4 Å². The Hall–Kier alpha value is -0.300. The predicted octanol–water partition coefficient (Wildman–Crippen LogP) is 5.70. The summed E-state index contributed by atoms with van der Waals surface area (Å²) in [4.78, 5) is 0. The highest BCUT2D eigenvalue weighted by atomic mass is 79.9. The summed E-state index contributed by atoms with van der Waals surface area (Å²) in [7, 11) is 0. The van der Waals surface area contributed by atoms with Gasteiger partial charge in [-0.1, -0.05) is 73.3 Å². The molecule has 2 rings (SSSR count). The van der Waals surface area contributed by atoms with Gasteiger partial charge in [-0.25, -0.2) is 0 Å². The molecule has 1 saturated carbocycles. The van der Waals surface area contributed by atoms with Gasteiger partial charge in [-0.3, -0.25) is 0 Å². The van der Waals surface area contributed by atoms with Crippen LogP contribution >= 0.6 is 15.9 Å². The summed E-state index contributed by atoms with van der Waals surface area (Å²) in [6.45, 7) is 4.52. The molecular weight excluding hydrogens is 284 g/mol. The Balaban J connectivity index is 2.07. The Bertz CT molecular complexity index is 358. The van der Waals surface area contributed by atoms with Crippen LogP contribution in [0.25, 0.3) is 0 Å². The summed E-state index contributed by atoms with van der Waals surface area (Å²) in [6.07, 6.45) is 8.29. The highest BCUT2D eigenvalue weighted by molar-refractivity contribution is 9.09. The van der Waals surface area contributed by atoms with Crippen molar-refractivity contribution in [2.75, 3.05) is 5.33 Å². The summed E-state index contributed by atoms with van der Waals surface area (Å²) in [6, 6.07) is 9.30. The molecule has 18 heavy (non-hydrogen) atoms. The molecule has 0 unspecified atom stereocenters. The number of halogens is 1. The molecule has 0 saturated heterocycles. The van der Waals surface area contributed by atoms with Crippen LogP contribution in [0.1, 0.15) is 63.0 Å². The molecule has 0 spiro atoms. The van der Waals surface area contributed by atoms with E-state index in [0.717, 1.165) is 5.33 Å². The molecule has 0 aromatic heterocycles. The number of hydrogen-bond donors (Lipinski definition) is 0. The lowest BCUT2D eigenvalue weighted by molar-refractivity contribution is 0.223. The third-order valence-corrected chi connectivity index (χ3v) is 5.61. The lowest BCUT2D eigenvalue weighted by atomic mass is 9.72. The second kappa shape index (κ2) is 6.23. The van der Waals surface area contributed by atoms with E-state index < -0.39 is 0 Å². The van der Waals surface area contributed by atoms with Gasteiger partial charge in [0.15, 0.2) is 0 Å². The van der Waals surface area contributed by atoms with Gasteiger partial charge < -0.3 is 0 Å². The maximum atomic E-state index is 3.76. The average Bonchev–Trinajstić information content (AvgIpc) is 2.40. The first-order valence-corrected chi connectivity index (χ1v) is 8.42. The zero-order valence-corrected chi connectivity index (χ0v) is 13.3. The molecule has 0 heterocycles. The molecule has 0 amide bonds. The fraction of sp³-hybridized carbons (Fsp3) is 0.647. The van der Waals surface area contributed by atoms with Gasteiger partial charge >= 0.3 is 0 Å². The van der Waals surface area contributed by atoms with Crippen LogP contribution in [0.4, 0.5) is 0 Å². The van der Waals surface area contributed by atoms with Gasteiger partial charge in [-0.2, -0.15) is 0 Å². The van der Waals surface area contributed by atoms with Gasteiger partial charge in [0.25, 0.3) is 0 Å². The molecule has 0 radical (unpaired) electrons. The minimum absolute atomic E-state index is 0.525. The van der Waals surface area contributed by atoms with Crippen LogP contribution in [0.2, 0.25) is 0 Å². The van der Waals surface area contributed by atoms with E-state index in [1.807, 2.05) is 0 Å². The van der Waals surface area contributed by atoms with Gasteiger partial charge in [0.2, 0.25) is 0 Å². The molecular formula is C17H25Br. The molecule has 100 valence electrons. The Morgan fingerprint density at radius 2 is 1.67 bits per heavy atom. The van der Waals surface area contributed by atoms with Crippen LogP contribution in [0.15, 0.2) is 24.3 Å². The smallest absolute Gasteiger partial charge is 0.00911 e. The van der Waals surface area contributed by atoms with Crippen LogP contribution in [-0.4, -0.2) is 5.33 Å². The third kappa shape index (κ3) is 3.38. The zero-order valence-electron chi connectivity index (χ0n) is 11.7. The summed E-state index contributed by atoms with van der Waals surface area (Å²) in [5.41, 5.74) is 3.49. The standard InChI is InChI=1S/C17H25Br/c1-14(2)16-8-6-15(7-9-16)12-17(13-18)10-4-3-5-11-17/h6-9,14H,3-5,10-13H2,1-2H3. The van der Waals surface area contributed by atoms with E-state index in [1.54, 1.807) is 0 Å². The molecule has 0 N–H and O–H groups in total. The van der Waals surface area contributed by atoms with Crippen molar-refractivity contribution in [3.8, 4) is 0 Å². The van der Waals surface area contributed by atoms with E-state index in [1.165, 1.54) is 49.7 Å². The third-order valence-electron chi connectivity index (χ3n) is 4.42. The summed E-state index contributed by atoms with van der Waals surface area (Å²) >= 11 is 3.76. The molecule has 1 heteroatoms. The van der Waals surface area contributed by atoms with Gasteiger partial charge in [0.1, 0.15) is 0 Å². The topological polar surface area (TPSA) is 0 Å². The van der Waals surface area contributed by atoms with Crippen LogP contribution in [-0.2, 0) is 6.42 Å². The Kier molecular flexibility index (Phi) is 4.89. The van der Waals surface area contributed by atoms with Gasteiger partial charge in [-0.05, 0) is 41.7 Å². The van der Waals surface area contributed by atoms with Crippen molar-refractivity contribution in [2.24, 2.45) is 5.41 Å². The molecule has 1 fully saturated rings. The minimum atomic E-state index is 0.525. The number of hydrogen-bond acceptors (Lipinski definition) is 0. The normalized spacial score (nSPS) is 19.1. The first kappa shape index (κ1) is 14.1. The van der Waals surface area contributed by atoms with E-state index in [2.05, 4.69) is 54.0 Å². The first-order chi connectivity index (χ1) is 8.65. The second-order valence-electron chi connectivity index (χ2n) is 6.27. The molecule has 1 aliphatic carbocycles. The van der Waals surface area contributed by atoms with E-state index in [0.29, 0.717) is 11.3 Å². The molecule has 0 atom stereocenters. The van der Waals surface area contributed by atoms with Gasteiger partial charge in [0.05, 0.1) is 0 Å². The fourth-order valence-corrected chi connectivity index (χ4v) is 3.87. The van der Waals surface area contributed by atoms with Crippen LogP contribution in [0.5, 0.6) is 0 Å². The average molecular weight is 309 g/mol. The monoisotopic (exact) mass is 308 g/mol. The second-order valence-corrected chi connectivity index (χ2v) is 6.83. The lowest BCUT2D eigenvalue weighted by Gasteiger charge is -2.36. The Labute approximate surface area is 120 Å². The van der Waals surface area contributed by atoms with E-state index >= 15 is 0 Å². The predicted molar refractivity (Wildman–Crippen MR) is 83.5 cm³/mol.